The third-order valence-electron chi connectivity index (χ3n) is 11.8. The third kappa shape index (κ3) is 18.0. The maximum Gasteiger partial charge on any atom is 0.409 e. The van der Waals surface area contributed by atoms with E-state index in [-0.39, 0.29) is 43.4 Å². The second-order valence-electron chi connectivity index (χ2n) is 16.7. The molecule has 1 aromatic heterocycles. The van der Waals surface area contributed by atoms with Crippen molar-refractivity contribution < 1.29 is 62.3 Å². The topological polar surface area (TPSA) is 237 Å². The fourth-order valence-corrected chi connectivity index (χ4v) is 8.62. The van der Waals surface area contributed by atoms with Gasteiger partial charge >= 0.3 is 12.2 Å². The van der Waals surface area contributed by atoms with E-state index in [2.05, 4.69) is 20.9 Å². The van der Waals surface area contributed by atoms with E-state index in [0.717, 1.165) is 53.9 Å². The molecule has 2 fully saturated rings. The summed E-state index contributed by atoms with van der Waals surface area (Å²) < 4.78 is 32.9. The van der Waals surface area contributed by atoms with Gasteiger partial charge in [-0.25, -0.2) is 14.6 Å². The molecule has 0 radical (unpaired) electrons. The van der Waals surface area contributed by atoms with Crippen molar-refractivity contribution >= 4 is 57.3 Å². The average Bonchev–Trinajstić information content (AvgIpc) is 4.02. The Hall–Kier alpha value is -5.71. The molecule has 4 N–H and O–H groups in total. The van der Waals surface area contributed by atoms with Crippen LogP contribution in [-0.2, 0) is 54.2 Å². The molecule has 2 aromatic carbocycles. The number of likely N-dealkylation sites (tertiary alicyclic amines) is 1. The van der Waals surface area contributed by atoms with Crippen LogP contribution in [0.5, 0.6) is 0 Å². The van der Waals surface area contributed by atoms with Gasteiger partial charge in [-0.3, -0.25) is 29.4 Å². The van der Waals surface area contributed by atoms with Gasteiger partial charge in [0.15, 0.2) is 5.13 Å². The number of carboxylic acid groups (broad SMARTS) is 1. The van der Waals surface area contributed by atoms with E-state index >= 15 is 0 Å². The number of carbonyl (C=O) groups is 6. The lowest BCUT2D eigenvalue weighted by atomic mass is 9.83. The Morgan fingerprint density at radius 2 is 1.36 bits per heavy atom. The molecule has 21 heteroatoms. The maximum atomic E-state index is 14.3. The number of thiazole rings is 1. The lowest BCUT2D eigenvalue weighted by molar-refractivity contribution is -0.142. The highest BCUT2D eigenvalue weighted by molar-refractivity contribution is 7.20. The normalized spacial score (nSPS) is 15.8. The monoisotopic (exact) mass is 981 g/mol. The molecule has 3 aromatic rings. The van der Waals surface area contributed by atoms with E-state index < -0.39 is 48.0 Å². The number of rotatable bonds is 28. The van der Waals surface area contributed by atoms with E-state index in [1.165, 1.54) is 23.8 Å². The van der Waals surface area contributed by atoms with Crippen molar-refractivity contribution in [2.24, 2.45) is 5.92 Å². The van der Waals surface area contributed by atoms with E-state index in [0.29, 0.717) is 88.4 Å². The second kappa shape index (κ2) is 29.3. The number of likely N-dealkylation sites (N-methyl/N-ethyl adjacent to an activating group) is 2. The second-order valence-corrected chi connectivity index (χ2v) is 17.7. The number of nitrogens with zero attached hydrogens (tertiary/aromatic N) is 4. The fraction of sp³-hybridized carbons (Fsp3) is 0.562. The van der Waals surface area contributed by atoms with Gasteiger partial charge in [-0.05, 0) is 44.1 Å². The Balaban J connectivity index is 0.980. The summed E-state index contributed by atoms with van der Waals surface area (Å²) in [6.07, 6.45) is 3.59. The molecule has 69 heavy (non-hydrogen) atoms. The first-order valence-electron chi connectivity index (χ1n) is 23.5. The lowest BCUT2D eigenvalue weighted by Crippen LogP contribution is -2.58. The van der Waals surface area contributed by atoms with Gasteiger partial charge in [0.2, 0.25) is 17.7 Å². The van der Waals surface area contributed by atoms with Gasteiger partial charge < -0.3 is 54.0 Å². The van der Waals surface area contributed by atoms with Crippen molar-refractivity contribution in [1.82, 2.24) is 25.0 Å². The molecule has 6 amide bonds. The minimum atomic E-state index is -1.26. The summed E-state index contributed by atoms with van der Waals surface area (Å²) in [6, 6.07) is 15.9. The van der Waals surface area contributed by atoms with Crippen LogP contribution in [0.15, 0.2) is 60.7 Å². The molecular weight excluding hydrogens is 915 g/mol. The van der Waals surface area contributed by atoms with Gasteiger partial charge in [0.1, 0.15) is 42.0 Å². The first-order chi connectivity index (χ1) is 33.4. The third-order valence-corrected chi connectivity index (χ3v) is 12.6. The van der Waals surface area contributed by atoms with Crippen LogP contribution in [0, 0.1) is 5.92 Å². The molecule has 5 rings (SSSR count). The number of ether oxygens (including phenoxy) is 6. The summed E-state index contributed by atoms with van der Waals surface area (Å²) in [6.45, 7) is 5.09. The summed E-state index contributed by atoms with van der Waals surface area (Å²) in [7, 11) is 2.96. The van der Waals surface area contributed by atoms with E-state index in [1.807, 2.05) is 60.7 Å². The minimum Gasteiger partial charge on any atom is -0.465 e. The van der Waals surface area contributed by atoms with Crippen molar-refractivity contribution in [3.8, 4) is 11.3 Å². The van der Waals surface area contributed by atoms with Crippen LogP contribution in [-0.4, -0.2) is 172 Å². The van der Waals surface area contributed by atoms with Crippen LogP contribution >= 0.6 is 11.3 Å². The Labute approximate surface area is 407 Å². The van der Waals surface area contributed by atoms with Crippen LogP contribution in [0.4, 0.5) is 19.7 Å². The summed E-state index contributed by atoms with van der Waals surface area (Å²) in [5.41, 5.74) is 2.07. The van der Waals surface area contributed by atoms with Crippen molar-refractivity contribution in [3.63, 3.8) is 0 Å². The number of carbonyl (C=O) groups excluding carboxylic acids is 5. The zero-order valence-corrected chi connectivity index (χ0v) is 40.6. The molecule has 0 spiro atoms. The molecule has 2 heterocycles. The summed E-state index contributed by atoms with van der Waals surface area (Å²) in [5, 5.41) is 18.7. The maximum absolute atomic E-state index is 14.3. The zero-order valence-electron chi connectivity index (χ0n) is 39.8. The van der Waals surface area contributed by atoms with Crippen molar-refractivity contribution in [1.29, 1.82) is 0 Å². The number of aromatic nitrogens is 1. The SMILES string of the molecule is C[C@@H](C(=O)N[C@H](C(=O)N1CCC[C@H]1C(=O)Nc1sc(NC(=O)COCCOCCOCCOCCOCCN(C)C(=O)OCc2ccccc2)nc1-c1ccccc1)C1CCCCC1)N(C)C(=O)O. The Morgan fingerprint density at radius 1 is 0.768 bits per heavy atom. The Bertz CT molecular complexity index is 2080. The van der Waals surface area contributed by atoms with Crippen LogP contribution in [0.25, 0.3) is 11.3 Å². The quantitative estimate of drug-likeness (QED) is 0.0694. The molecule has 0 bridgehead atoms. The summed E-state index contributed by atoms with van der Waals surface area (Å²) >= 11 is 1.08. The van der Waals surface area contributed by atoms with Gasteiger partial charge in [-0.15, -0.1) is 0 Å². The molecule has 3 atom stereocenters. The number of nitrogens with one attached hydrogen (secondary N) is 3. The highest BCUT2D eigenvalue weighted by Gasteiger charge is 2.42. The molecule has 1 aliphatic heterocycles. The number of hydrogen-bond acceptors (Lipinski definition) is 14. The molecule has 0 unspecified atom stereocenters. The predicted molar refractivity (Wildman–Crippen MR) is 257 cm³/mol. The van der Waals surface area contributed by atoms with Crippen molar-refractivity contribution in [2.45, 2.75) is 76.6 Å². The Morgan fingerprint density at radius 3 is 1.99 bits per heavy atom. The van der Waals surface area contributed by atoms with Crippen LogP contribution in [0.3, 0.4) is 0 Å². The summed E-state index contributed by atoms with van der Waals surface area (Å²) in [4.78, 5) is 86.7. The van der Waals surface area contributed by atoms with E-state index in [1.54, 1.807) is 7.05 Å². The molecule has 1 saturated carbocycles. The predicted octanol–water partition coefficient (Wildman–Crippen LogP) is 5.09. The van der Waals surface area contributed by atoms with E-state index in [9.17, 15) is 33.9 Å². The lowest BCUT2D eigenvalue weighted by Gasteiger charge is -2.35. The zero-order chi connectivity index (χ0) is 49.4. The van der Waals surface area contributed by atoms with Crippen molar-refractivity contribution in [3.05, 3.63) is 66.2 Å². The van der Waals surface area contributed by atoms with Crippen LogP contribution < -0.4 is 16.0 Å². The summed E-state index contributed by atoms with van der Waals surface area (Å²) in [5.74, 6) is -1.96. The minimum absolute atomic E-state index is 0.149. The molecular formula is C48H67N7O13S. The number of amides is 6. The van der Waals surface area contributed by atoms with Gasteiger partial charge in [-0.1, -0.05) is 91.3 Å². The fourth-order valence-electron chi connectivity index (χ4n) is 7.71. The Kier molecular flexibility index (Phi) is 23.1. The van der Waals surface area contributed by atoms with Gasteiger partial charge in [0, 0.05) is 32.7 Å². The van der Waals surface area contributed by atoms with Gasteiger partial charge in [-0.2, -0.15) is 0 Å². The van der Waals surface area contributed by atoms with E-state index in [4.69, 9.17) is 28.4 Å². The van der Waals surface area contributed by atoms with Crippen molar-refractivity contribution in [2.75, 3.05) is 104 Å². The average molecular weight is 982 g/mol. The number of hydrogen-bond donors (Lipinski definition) is 4. The standard InChI is InChI=1S/C48H67N7O13S/c1-34(54(3)47(60)61)42(57)50-41(37-18-11-6-12-19-37)45(59)55-21-13-20-38(55)43(58)52-44-40(36-16-9-5-10-17-36)51-46(69-44)49-39(56)33-67-31-30-66-29-28-65-27-26-64-25-24-63-23-22-53(2)48(62)68-32-35-14-7-4-8-15-35/h4-5,7-10,14-17,34,37-38,41H,6,11-13,18-33H2,1-3H3,(H,50,57)(H,52,58)(H,60,61)(H,49,51,56)/t34-,38-,41-/m0/s1. The number of benzene rings is 2. The molecule has 1 aliphatic carbocycles. The largest absolute Gasteiger partial charge is 0.465 e. The first-order valence-corrected chi connectivity index (χ1v) is 24.3. The smallest absolute Gasteiger partial charge is 0.409 e. The molecule has 20 nitrogen and oxygen atoms in total. The highest BCUT2D eigenvalue weighted by Crippen LogP contribution is 2.37. The van der Waals surface area contributed by atoms with Crippen LogP contribution in [0.2, 0.25) is 0 Å². The first kappa shape index (κ1) is 54.2. The number of anilines is 2. The molecule has 2 aliphatic rings. The van der Waals surface area contributed by atoms with Gasteiger partial charge in [0.05, 0.1) is 59.5 Å². The highest BCUT2D eigenvalue weighted by atomic mass is 32.1. The van der Waals surface area contributed by atoms with Crippen LogP contribution in [0.1, 0.15) is 57.4 Å². The van der Waals surface area contributed by atoms with Gasteiger partial charge in [0.25, 0.3) is 5.91 Å². The molecule has 1 saturated heterocycles. The molecule has 378 valence electrons.